The number of rotatable bonds is 5. The number of halogens is 1. The van der Waals surface area contributed by atoms with Crippen LogP contribution in [-0.2, 0) is 27.7 Å². The SMILES string of the molecule is O=C(CSc1ncnc2sc3c(c12)CCC3)N1CCN(S(=O)(=O)c2ccc(F)cc2)CC1. The van der Waals surface area contributed by atoms with Gasteiger partial charge >= 0.3 is 0 Å². The van der Waals surface area contributed by atoms with Crippen LogP contribution in [0.25, 0.3) is 10.2 Å². The summed E-state index contributed by atoms with van der Waals surface area (Å²) in [7, 11) is -3.70. The largest absolute Gasteiger partial charge is 0.339 e. The van der Waals surface area contributed by atoms with Crippen molar-refractivity contribution in [2.24, 2.45) is 0 Å². The molecule has 1 aliphatic carbocycles. The van der Waals surface area contributed by atoms with Crippen LogP contribution in [0.3, 0.4) is 0 Å². The van der Waals surface area contributed by atoms with Gasteiger partial charge in [0, 0.05) is 36.4 Å². The molecule has 1 aliphatic heterocycles. The van der Waals surface area contributed by atoms with E-state index in [0.717, 1.165) is 46.6 Å². The summed E-state index contributed by atoms with van der Waals surface area (Å²) in [5.41, 5.74) is 1.33. The third-order valence-corrected chi connectivity index (χ3v) is 9.93. The van der Waals surface area contributed by atoms with Crippen molar-refractivity contribution in [1.82, 2.24) is 19.2 Å². The molecule has 11 heteroatoms. The minimum atomic E-state index is -3.70. The van der Waals surface area contributed by atoms with E-state index in [1.54, 1.807) is 22.6 Å². The van der Waals surface area contributed by atoms with Crippen molar-refractivity contribution in [3.8, 4) is 0 Å². The summed E-state index contributed by atoms with van der Waals surface area (Å²) in [5.74, 6) is -0.265. The number of thiophene rings is 1. The number of aryl methyl sites for hydroxylation is 2. The second kappa shape index (κ2) is 8.69. The molecule has 0 bridgehead atoms. The van der Waals surface area contributed by atoms with E-state index in [-0.39, 0.29) is 29.6 Å². The minimum Gasteiger partial charge on any atom is -0.339 e. The van der Waals surface area contributed by atoms with Gasteiger partial charge in [-0.15, -0.1) is 11.3 Å². The highest BCUT2D eigenvalue weighted by atomic mass is 32.2. The normalized spacial score (nSPS) is 17.1. The fourth-order valence-electron chi connectivity index (χ4n) is 4.16. The highest BCUT2D eigenvalue weighted by Crippen LogP contribution is 2.40. The maximum absolute atomic E-state index is 13.1. The van der Waals surface area contributed by atoms with E-state index in [4.69, 9.17) is 0 Å². The summed E-state index contributed by atoms with van der Waals surface area (Å²) >= 11 is 3.15. The fraction of sp³-hybridized carbons (Fsp3) is 0.381. The number of nitrogens with zero attached hydrogens (tertiary/aromatic N) is 4. The topological polar surface area (TPSA) is 83.5 Å². The molecule has 168 valence electrons. The molecule has 0 unspecified atom stereocenters. The Hall–Kier alpha value is -2.08. The Kier molecular flexibility index (Phi) is 5.91. The van der Waals surface area contributed by atoms with Gasteiger partial charge in [0.05, 0.1) is 10.6 Å². The molecule has 2 aliphatic rings. The maximum atomic E-state index is 13.1. The molecular weight excluding hydrogens is 471 g/mol. The molecule has 0 N–H and O–H groups in total. The van der Waals surface area contributed by atoms with Crippen LogP contribution in [0.1, 0.15) is 16.9 Å². The Morgan fingerprint density at radius 2 is 1.84 bits per heavy atom. The number of carbonyl (C=O) groups excluding carboxylic acids is 1. The molecule has 1 amide bonds. The number of fused-ring (bicyclic) bond motifs is 3. The van der Waals surface area contributed by atoms with Gasteiger partial charge < -0.3 is 4.90 Å². The molecule has 1 saturated heterocycles. The van der Waals surface area contributed by atoms with Gasteiger partial charge in [0.2, 0.25) is 15.9 Å². The minimum absolute atomic E-state index is 0.0348. The van der Waals surface area contributed by atoms with Gasteiger partial charge in [-0.2, -0.15) is 4.31 Å². The number of carbonyl (C=O) groups is 1. The van der Waals surface area contributed by atoms with Gasteiger partial charge in [-0.25, -0.2) is 22.8 Å². The second-order valence-electron chi connectivity index (χ2n) is 7.74. The average Bonchev–Trinajstić information content (AvgIpc) is 3.39. The van der Waals surface area contributed by atoms with Gasteiger partial charge in [-0.1, -0.05) is 11.8 Å². The summed E-state index contributed by atoms with van der Waals surface area (Å²) in [6.07, 6.45) is 4.83. The molecule has 0 spiro atoms. The maximum Gasteiger partial charge on any atom is 0.243 e. The quantitative estimate of drug-likeness (QED) is 0.402. The van der Waals surface area contributed by atoms with Crippen LogP contribution < -0.4 is 0 Å². The highest BCUT2D eigenvalue weighted by molar-refractivity contribution is 8.00. The Labute approximate surface area is 193 Å². The summed E-state index contributed by atoms with van der Waals surface area (Å²) < 4.78 is 40.0. The predicted octanol–water partition coefficient (Wildman–Crippen LogP) is 2.94. The summed E-state index contributed by atoms with van der Waals surface area (Å²) in [6.45, 7) is 1.08. The molecule has 3 heterocycles. The summed E-state index contributed by atoms with van der Waals surface area (Å²) in [4.78, 5) is 25.8. The molecular formula is C21H21FN4O3S3. The van der Waals surface area contributed by atoms with Gasteiger partial charge in [0.1, 0.15) is 22.0 Å². The van der Waals surface area contributed by atoms with Crippen LogP contribution in [0.15, 0.2) is 40.5 Å². The molecule has 1 aromatic carbocycles. The summed E-state index contributed by atoms with van der Waals surface area (Å²) in [6, 6.07) is 4.80. The van der Waals surface area contributed by atoms with E-state index in [0.29, 0.717) is 13.1 Å². The molecule has 0 radical (unpaired) electrons. The molecule has 0 atom stereocenters. The van der Waals surface area contributed by atoms with Crippen LogP contribution in [-0.4, -0.2) is 65.4 Å². The molecule has 1 fully saturated rings. The molecule has 32 heavy (non-hydrogen) atoms. The number of benzene rings is 1. The molecule has 7 nitrogen and oxygen atoms in total. The van der Waals surface area contributed by atoms with E-state index >= 15 is 0 Å². The first-order valence-electron chi connectivity index (χ1n) is 10.3. The lowest BCUT2D eigenvalue weighted by Crippen LogP contribution is -2.50. The van der Waals surface area contributed by atoms with Crippen LogP contribution in [0, 0.1) is 5.82 Å². The number of hydrogen-bond donors (Lipinski definition) is 0. The lowest BCUT2D eigenvalue weighted by molar-refractivity contribution is -0.129. The molecule has 0 saturated carbocycles. The monoisotopic (exact) mass is 492 g/mol. The first-order valence-corrected chi connectivity index (χ1v) is 13.6. The zero-order chi connectivity index (χ0) is 22.3. The van der Waals surface area contributed by atoms with Crippen LogP contribution in [0.2, 0.25) is 0 Å². The molecule has 2 aromatic heterocycles. The first-order chi connectivity index (χ1) is 15.4. The lowest BCUT2D eigenvalue weighted by Gasteiger charge is -2.34. The number of sulfonamides is 1. The third kappa shape index (κ3) is 4.02. The van der Waals surface area contributed by atoms with Gasteiger partial charge in [-0.3, -0.25) is 4.79 Å². The molecule has 3 aromatic rings. The number of amides is 1. The summed E-state index contributed by atoms with van der Waals surface area (Å²) in [5, 5.41) is 1.94. The van der Waals surface area contributed by atoms with E-state index in [9.17, 15) is 17.6 Å². The van der Waals surface area contributed by atoms with E-state index < -0.39 is 15.8 Å². The Balaban J connectivity index is 1.21. The molecule has 5 rings (SSSR count). The van der Waals surface area contributed by atoms with Crippen molar-refractivity contribution >= 4 is 49.2 Å². The Morgan fingerprint density at radius 3 is 2.59 bits per heavy atom. The third-order valence-electron chi connectivity index (χ3n) is 5.84. The van der Waals surface area contributed by atoms with Crippen LogP contribution in [0.5, 0.6) is 0 Å². The van der Waals surface area contributed by atoms with E-state index in [1.807, 2.05) is 0 Å². The van der Waals surface area contributed by atoms with Crippen molar-refractivity contribution in [1.29, 1.82) is 0 Å². The first kappa shape index (κ1) is 21.7. The van der Waals surface area contributed by atoms with Crippen molar-refractivity contribution in [3.63, 3.8) is 0 Å². The zero-order valence-corrected chi connectivity index (χ0v) is 19.6. The number of aromatic nitrogens is 2. The fourth-order valence-corrected chi connectivity index (χ4v) is 7.81. The number of hydrogen-bond acceptors (Lipinski definition) is 7. The lowest BCUT2D eigenvalue weighted by atomic mass is 10.2. The highest BCUT2D eigenvalue weighted by Gasteiger charge is 2.30. The van der Waals surface area contributed by atoms with Gasteiger partial charge in [-0.05, 0) is 49.1 Å². The van der Waals surface area contributed by atoms with Crippen LogP contribution in [0.4, 0.5) is 4.39 Å². The van der Waals surface area contributed by atoms with E-state index in [1.165, 1.54) is 38.6 Å². The average molecular weight is 493 g/mol. The number of piperazine rings is 1. The Morgan fingerprint density at radius 1 is 1.09 bits per heavy atom. The van der Waals surface area contributed by atoms with Crippen molar-refractivity contribution in [3.05, 3.63) is 46.9 Å². The zero-order valence-electron chi connectivity index (χ0n) is 17.2. The standard InChI is InChI=1S/C21H21FN4O3S3/c22-14-4-6-15(7-5-14)32(28,29)26-10-8-25(9-11-26)18(27)12-30-20-19-16-2-1-3-17(16)31-21(19)24-13-23-20/h4-7,13H,1-3,8-12H2. The van der Waals surface area contributed by atoms with Crippen molar-refractivity contribution in [2.75, 3.05) is 31.9 Å². The smallest absolute Gasteiger partial charge is 0.243 e. The Bertz CT molecular complexity index is 1270. The van der Waals surface area contributed by atoms with E-state index in [2.05, 4.69) is 9.97 Å². The number of thioether (sulfide) groups is 1. The predicted molar refractivity (Wildman–Crippen MR) is 122 cm³/mol. The second-order valence-corrected chi connectivity index (χ2v) is 11.7. The van der Waals surface area contributed by atoms with Crippen molar-refractivity contribution < 1.29 is 17.6 Å². The van der Waals surface area contributed by atoms with Gasteiger partial charge in [0.25, 0.3) is 0 Å². The van der Waals surface area contributed by atoms with Crippen LogP contribution >= 0.6 is 23.1 Å². The van der Waals surface area contributed by atoms with Gasteiger partial charge in [0.15, 0.2) is 0 Å². The van der Waals surface area contributed by atoms with Crippen molar-refractivity contribution in [2.45, 2.75) is 29.2 Å².